The number of nitrogens with one attached hydrogen (secondary N) is 4. The Morgan fingerprint density at radius 3 is 2.68 bits per heavy atom. The highest BCUT2D eigenvalue weighted by atomic mass is 16.1. The van der Waals surface area contributed by atoms with Gasteiger partial charge in [-0.1, -0.05) is 0 Å². The fourth-order valence-corrected chi connectivity index (χ4v) is 2.32. The number of anilines is 2. The first-order valence-corrected chi connectivity index (χ1v) is 7.25. The average Bonchev–Trinajstić information content (AvgIpc) is 3.01. The molecule has 1 amide bonds. The predicted molar refractivity (Wildman–Crippen MR) is 86.7 cm³/mol. The number of hydrogen-bond donors (Lipinski definition) is 4. The smallest absolute Gasteiger partial charge is 0.251 e. The summed E-state index contributed by atoms with van der Waals surface area (Å²) in [4.78, 5) is 19.3. The molecule has 1 aromatic carbocycles. The minimum Gasteiger partial charge on any atom is -0.356 e. The molecule has 6 nitrogen and oxygen atoms in total. The Kier molecular flexibility index (Phi) is 3.82. The monoisotopic (exact) mass is 297 g/mol. The third kappa shape index (κ3) is 2.95. The number of rotatable bonds is 4. The second kappa shape index (κ2) is 5.93. The third-order valence-corrected chi connectivity index (χ3v) is 3.69. The van der Waals surface area contributed by atoms with Crippen LogP contribution in [-0.4, -0.2) is 22.4 Å². The van der Waals surface area contributed by atoms with Gasteiger partial charge in [0.2, 0.25) is 0 Å². The predicted octanol–water partition coefficient (Wildman–Crippen LogP) is 2.47. The molecule has 0 atom stereocenters. The molecular formula is C16H19N5O. The number of carbonyl (C=O) groups excluding carboxylic acids is 1. The van der Waals surface area contributed by atoms with Gasteiger partial charge in [0.15, 0.2) is 0 Å². The number of nitrogens with zero attached hydrogens (tertiary/aromatic N) is 1. The summed E-state index contributed by atoms with van der Waals surface area (Å²) in [5.74, 6) is 0.785. The Morgan fingerprint density at radius 2 is 1.95 bits per heavy atom. The lowest BCUT2D eigenvalue weighted by Crippen LogP contribution is -2.26. The summed E-state index contributed by atoms with van der Waals surface area (Å²) in [7, 11) is 0. The number of imidazole rings is 1. The van der Waals surface area contributed by atoms with Gasteiger partial charge < -0.3 is 20.9 Å². The maximum atomic E-state index is 12.2. The molecular weight excluding hydrogens is 278 g/mol. The van der Waals surface area contributed by atoms with Crippen molar-refractivity contribution in [2.45, 2.75) is 20.3 Å². The Hall–Kier alpha value is -2.76. The van der Waals surface area contributed by atoms with E-state index in [1.165, 1.54) is 0 Å². The molecule has 1 aliphatic heterocycles. The number of allylic oxidation sites excluding steroid dienone is 2. The third-order valence-electron chi connectivity index (χ3n) is 3.69. The first kappa shape index (κ1) is 14.2. The minimum atomic E-state index is -0.0833. The van der Waals surface area contributed by atoms with Crippen molar-refractivity contribution in [1.29, 1.82) is 0 Å². The molecule has 2 heterocycles. The summed E-state index contributed by atoms with van der Waals surface area (Å²) in [5.41, 5.74) is 4.68. The average molecular weight is 297 g/mol. The summed E-state index contributed by atoms with van der Waals surface area (Å²) in [5, 5.41) is 9.52. The van der Waals surface area contributed by atoms with Crippen molar-refractivity contribution in [2.75, 3.05) is 17.2 Å². The zero-order valence-corrected chi connectivity index (χ0v) is 12.7. The number of amides is 1. The van der Waals surface area contributed by atoms with Crippen molar-refractivity contribution in [1.82, 2.24) is 15.3 Å². The first-order valence-electron chi connectivity index (χ1n) is 7.25. The second-order valence-electron chi connectivity index (χ2n) is 5.30. The van der Waals surface area contributed by atoms with Gasteiger partial charge in [0.05, 0.1) is 11.4 Å². The molecule has 114 valence electrons. The Bertz CT molecular complexity index is 718. The van der Waals surface area contributed by atoms with Crippen LogP contribution in [0.5, 0.6) is 0 Å². The van der Waals surface area contributed by atoms with E-state index < -0.39 is 0 Å². The summed E-state index contributed by atoms with van der Waals surface area (Å²) < 4.78 is 0. The maximum absolute atomic E-state index is 12.2. The van der Waals surface area contributed by atoms with E-state index in [-0.39, 0.29) is 5.91 Å². The molecule has 0 saturated heterocycles. The summed E-state index contributed by atoms with van der Waals surface area (Å²) >= 11 is 0. The summed E-state index contributed by atoms with van der Waals surface area (Å²) in [6.07, 6.45) is 4.17. The van der Waals surface area contributed by atoms with E-state index in [1.807, 2.05) is 32.0 Å². The van der Waals surface area contributed by atoms with Crippen LogP contribution in [-0.2, 0) is 6.42 Å². The minimum absolute atomic E-state index is 0.0833. The van der Waals surface area contributed by atoms with Gasteiger partial charge in [-0.15, -0.1) is 0 Å². The van der Waals surface area contributed by atoms with E-state index in [2.05, 4.69) is 25.9 Å². The molecule has 2 aromatic rings. The van der Waals surface area contributed by atoms with Crippen LogP contribution in [0.1, 0.15) is 30.0 Å². The molecule has 0 unspecified atom stereocenters. The van der Waals surface area contributed by atoms with Crippen LogP contribution in [0, 0.1) is 0 Å². The SMILES string of the molecule is CC1=C(C)Nc2cc(C(=O)NCCc3ncc[nH]3)ccc2N1. The molecule has 1 aromatic heterocycles. The summed E-state index contributed by atoms with van der Waals surface area (Å²) in [6.45, 7) is 4.56. The largest absolute Gasteiger partial charge is 0.356 e. The lowest BCUT2D eigenvalue weighted by Gasteiger charge is -2.23. The highest BCUT2D eigenvalue weighted by Gasteiger charge is 2.14. The first-order chi connectivity index (χ1) is 10.6. The number of H-pyrrole nitrogens is 1. The van der Waals surface area contributed by atoms with Gasteiger partial charge in [-0.25, -0.2) is 4.98 Å². The lowest BCUT2D eigenvalue weighted by atomic mass is 10.1. The highest BCUT2D eigenvalue weighted by Crippen LogP contribution is 2.30. The van der Waals surface area contributed by atoms with Crippen molar-refractivity contribution < 1.29 is 4.79 Å². The maximum Gasteiger partial charge on any atom is 0.251 e. The highest BCUT2D eigenvalue weighted by molar-refractivity contribution is 5.96. The molecule has 4 N–H and O–H groups in total. The number of aromatic amines is 1. The van der Waals surface area contributed by atoms with Gasteiger partial charge in [0.1, 0.15) is 5.82 Å². The zero-order valence-electron chi connectivity index (χ0n) is 12.7. The van der Waals surface area contributed by atoms with E-state index in [0.717, 1.165) is 28.6 Å². The van der Waals surface area contributed by atoms with Crippen LogP contribution < -0.4 is 16.0 Å². The molecule has 0 fully saturated rings. The second-order valence-corrected chi connectivity index (χ2v) is 5.30. The van der Waals surface area contributed by atoms with E-state index >= 15 is 0 Å². The van der Waals surface area contributed by atoms with E-state index in [4.69, 9.17) is 0 Å². The summed E-state index contributed by atoms with van der Waals surface area (Å²) in [6, 6.07) is 5.60. The standard InChI is InChI=1S/C16H19N5O/c1-10-11(2)21-14-9-12(3-4-13(14)20-10)16(22)19-6-5-15-17-7-8-18-15/h3-4,7-9,20-21H,5-6H2,1-2H3,(H,17,18)(H,19,22). The Balaban J connectivity index is 1.63. The van der Waals surface area contributed by atoms with Gasteiger partial charge in [0, 0.05) is 42.3 Å². The van der Waals surface area contributed by atoms with Crippen molar-refractivity contribution in [3.8, 4) is 0 Å². The number of aromatic nitrogens is 2. The molecule has 0 aliphatic carbocycles. The van der Waals surface area contributed by atoms with Gasteiger partial charge in [0.25, 0.3) is 5.91 Å². The molecule has 0 radical (unpaired) electrons. The molecule has 22 heavy (non-hydrogen) atoms. The lowest BCUT2D eigenvalue weighted by molar-refractivity contribution is 0.0954. The molecule has 6 heteroatoms. The van der Waals surface area contributed by atoms with E-state index in [1.54, 1.807) is 12.4 Å². The van der Waals surface area contributed by atoms with Crippen LogP contribution in [0.15, 0.2) is 42.0 Å². The Labute approximate surface area is 129 Å². The molecule has 0 spiro atoms. The van der Waals surface area contributed by atoms with Crippen LogP contribution in [0.2, 0.25) is 0 Å². The fraction of sp³-hybridized carbons (Fsp3) is 0.250. The number of carbonyl (C=O) groups is 1. The van der Waals surface area contributed by atoms with E-state index in [9.17, 15) is 4.79 Å². The van der Waals surface area contributed by atoms with Gasteiger partial charge in [-0.3, -0.25) is 4.79 Å². The quantitative estimate of drug-likeness (QED) is 0.699. The topological polar surface area (TPSA) is 81.8 Å². The molecule has 0 bridgehead atoms. The van der Waals surface area contributed by atoms with Gasteiger partial charge in [-0.05, 0) is 32.0 Å². The fourth-order valence-electron chi connectivity index (χ4n) is 2.32. The van der Waals surface area contributed by atoms with Crippen LogP contribution in [0.3, 0.4) is 0 Å². The Morgan fingerprint density at radius 1 is 1.18 bits per heavy atom. The number of benzene rings is 1. The van der Waals surface area contributed by atoms with Crippen molar-refractivity contribution in [3.63, 3.8) is 0 Å². The number of fused-ring (bicyclic) bond motifs is 1. The number of hydrogen-bond acceptors (Lipinski definition) is 4. The zero-order chi connectivity index (χ0) is 15.5. The van der Waals surface area contributed by atoms with Gasteiger partial charge in [-0.2, -0.15) is 0 Å². The van der Waals surface area contributed by atoms with Crippen LogP contribution in [0.4, 0.5) is 11.4 Å². The van der Waals surface area contributed by atoms with Crippen molar-refractivity contribution in [3.05, 3.63) is 53.4 Å². The molecule has 0 saturated carbocycles. The van der Waals surface area contributed by atoms with E-state index in [0.29, 0.717) is 18.5 Å². The van der Waals surface area contributed by atoms with Crippen LogP contribution in [0.25, 0.3) is 0 Å². The van der Waals surface area contributed by atoms with Crippen molar-refractivity contribution in [2.24, 2.45) is 0 Å². The molecule has 3 rings (SSSR count). The van der Waals surface area contributed by atoms with Crippen LogP contribution >= 0.6 is 0 Å². The normalized spacial score (nSPS) is 13.2. The van der Waals surface area contributed by atoms with Gasteiger partial charge >= 0.3 is 0 Å². The molecule has 1 aliphatic rings. The van der Waals surface area contributed by atoms with Crippen molar-refractivity contribution >= 4 is 17.3 Å².